The Morgan fingerprint density at radius 2 is 1.91 bits per heavy atom. The lowest BCUT2D eigenvalue weighted by Gasteiger charge is -1.96. The molecule has 0 spiro atoms. The van der Waals surface area contributed by atoms with Crippen LogP contribution in [0.25, 0.3) is 0 Å². The van der Waals surface area contributed by atoms with Gasteiger partial charge in [-0.15, -0.1) is 0 Å². The molecule has 1 rings (SSSR count). The van der Waals surface area contributed by atoms with Gasteiger partial charge in [-0.05, 0) is 12.1 Å². The van der Waals surface area contributed by atoms with Gasteiger partial charge in [-0.25, -0.2) is 4.79 Å². The Labute approximate surface area is 64.9 Å². The topological polar surface area (TPSA) is 46.5 Å². The summed E-state index contributed by atoms with van der Waals surface area (Å²) in [5.41, 5.74) is 0.821. The molecule has 0 heterocycles. The Morgan fingerprint density at radius 1 is 1.36 bits per heavy atom. The molecule has 0 aliphatic rings. The normalized spacial score (nSPS) is 9.18. The van der Waals surface area contributed by atoms with Crippen LogP contribution in [0, 0.1) is 0 Å². The minimum absolute atomic E-state index is 0.265. The van der Waals surface area contributed by atoms with E-state index in [-0.39, 0.29) is 5.56 Å². The zero-order chi connectivity index (χ0) is 8.27. The third-order valence-electron chi connectivity index (χ3n) is 1.23. The van der Waals surface area contributed by atoms with Gasteiger partial charge in [-0.3, -0.25) is 4.89 Å². The number of benzene rings is 1. The van der Waals surface area contributed by atoms with Gasteiger partial charge in [-0.2, -0.15) is 5.26 Å². The van der Waals surface area contributed by atoms with Crippen LogP contribution in [0.1, 0.15) is 10.4 Å². The lowest BCUT2D eigenvalue weighted by atomic mass is 9.95. The molecule has 1 N–H and O–H groups in total. The second-order valence-corrected chi connectivity index (χ2v) is 2.00. The Kier molecular flexibility index (Phi) is 2.28. The van der Waals surface area contributed by atoms with E-state index in [0.717, 1.165) is 0 Å². The molecular weight excluding hydrogens is 143 g/mol. The molecule has 1 aromatic rings. The van der Waals surface area contributed by atoms with Gasteiger partial charge in [0, 0.05) is 0 Å². The maximum Gasteiger partial charge on any atom is 0.372 e. The molecule has 3 nitrogen and oxygen atoms in total. The molecule has 0 amide bonds. The predicted octanol–water partition coefficient (Wildman–Crippen LogP) is 0.110. The third-order valence-corrected chi connectivity index (χ3v) is 1.23. The van der Waals surface area contributed by atoms with Gasteiger partial charge in [0.1, 0.15) is 7.85 Å². The van der Waals surface area contributed by atoms with Crippen molar-refractivity contribution in [3.63, 3.8) is 0 Å². The first-order valence-electron chi connectivity index (χ1n) is 2.95. The molecule has 0 unspecified atom stereocenters. The first-order valence-corrected chi connectivity index (χ1v) is 2.95. The van der Waals surface area contributed by atoms with Crippen molar-refractivity contribution in [1.29, 1.82) is 0 Å². The van der Waals surface area contributed by atoms with E-state index in [9.17, 15) is 4.79 Å². The molecular formula is C7H5BO3. The smallest absolute Gasteiger partial charge is 0.296 e. The quantitative estimate of drug-likeness (QED) is 0.349. The SMILES string of the molecule is [B]c1ccc(C(=O)OO)cc1. The number of rotatable bonds is 1. The average molecular weight is 148 g/mol. The van der Waals surface area contributed by atoms with Gasteiger partial charge in [0.15, 0.2) is 0 Å². The van der Waals surface area contributed by atoms with Crippen LogP contribution in [-0.4, -0.2) is 19.1 Å². The van der Waals surface area contributed by atoms with Crippen LogP contribution in [0.15, 0.2) is 24.3 Å². The van der Waals surface area contributed by atoms with E-state index in [1.165, 1.54) is 12.1 Å². The van der Waals surface area contributed by atoms with Crippen LogP contribution in [0.2, 0.25) is 0 Å². The maximum atomic E-state index is 10.6. The van der Waals surface area contributed by atoms with E-state index in [0.29, 0.717) is 5.46 Å². The van der Waals surface area contributed by atoms with Crippen molar-refractivity contribution in [2.45, 2.75) is 0 Å². The van der Waals surface area contributed by atoms with Crippen LogP contribution in [0.3, 0.4) is 0 Å². The second-order valence-electron chi connectivity index (χ2n) is 2.00. The third kappa shape index (κ3) is 1.81. The molecule has 11 heavy (non-hydrogen) atoms. The fraction of sp³-hybridized carbons (Fsp3) is 0. The summed E-state index contributed by atoms with van der Waals surface area (Å²) >= 11 is 0. The lowest BCUT2D eigenvalue weighted by molar-refractivity contribution is -0.182. The largest absolute Gasteiger partial charge is 0.372 e. The first-order chi connectivity index (χ1) is 5.24. The lowest BCUT2D eigenvalue weighted by Crippen LogP contribution is -2.05. The summed E-state index contributed by atoms with van der Waals surface area (Å²) < 4.78 is 0. The second kappa shape index (κ2) is 3.21. The Hall–Kier alpha value is -1.29. The van der Waals surface area contributed by atoms with E-state index in [2.05, 4.69) is 4.89 Å². The van der Waals surface area contributed by atoms with Crippen molar-refractivity contribution in [2.75, 3.05) is 0 Å². The molecule has 0 saturated carbocycles. The van der Waals surface area contributed by atoms with Gasteiger partial charge in [0.2, 0.25) is 0 Å². The summed E-state index contributed by atoms with van der Waals surface area (Å²) in [7, 11) is 5.35. The maximum absolute atomic E-state index is 10.6. The highest BCUT2D eigenvalue weighted by molar-refractivity contribution is 6.32. The Bertz CT molecular complexity index is 255. The number of hydrogen-bond acceptors (Lipinski definition) is 3. The minimum Gasteiger partial charge on any atom is -0.296 e. The molecule has 0 aliphatic carbocycles. The monoisotopic (exact) mass is 148 g/mol. The van der Waals surface area contributed by atoms with Gasteiger partial charge in [-0.1, -0.05) is 17.6 Å². The van der Waals surface area contributed by atoms with E-state index >= 15 is 0 Å². The van der Waals surface area contributed by atoms with Gasteiger partial charge < -0.3 is 0 Å². The summed E-state index contributed by atoms with van der Waals surface area (Å²) in [5.74, 6) is -0.787. The average Bonchev–Trinajstić information content (AvgIpc) is 2.05. The highest BCUT2D eigenvalue weighted by atomic mass is 17.1. The van der Waals surface area contributed by atoms with Crippen LogP contribution >= 0.6 is 0 Å². The van der Waals surface area contributed by atoms with E-state index in [1.807, 2.05) is 0 Å². The molecule has 0 bridgehead atoms. The van der Waals surface area contributed by atoms with Crippen LogP contribution in [-0.2, 0) is 4.89 Å². The minimum atomic E-state index is -0.787. The fourth-order valence-electron chi connectivity index (χ4n) is 0.672. The van der Waals surface area contributed by atoms with Crippen LogP contribution in [0.5, 0.6) is 0 Å². The van der Waals surface area contributed by atoms with Gasteiger partial charge in [0.05, 0.1) is 5.56 Å². The van der Waals surface area contributed by atoms with Crippen molar-refractivity contribution >= 4 is 19.3 Å². The molecule has 1 aromatic carbocycles. The summed E-state index contributed by atoms with van der Waals surface area (Å²) in [5, 5.41) is 7.98. The highest BCUT2D eigenvalue weighted by Gasteiger charge is 2.03. The van der Waals surface area contributed by atoms with Crippen molar-refractivity contribution < 1.29 is 14.9 Å². The summed E-state index contributed by atoms with van der Waals surface area (Å²) in [4.78, 5) is 14.1. The Balaban J connectivity index is 2.90. The summed E-state index contributed by atoms with van der Waals surface area (Å²) in [6.07, 6.45) is 0. The first kappa shape index (κ1) is 7.82. The standard InChI is InChI=1S/C7H5BO3/c8-6-3-1-5(2-4-6)7(9)11-10/h1-4,10H. The molecule has 0 aromatic heterocycles. The zero-order valence-corrected chi connectivity index (χ0v) is 5.65. The fourth-order valence-corrected chi connectivity index (χ4v) is 0.672. The van der Waals surface area contributed by atoms with E-state index in [1.54, 1.807) is 12.1 Å². The van der Waals surface area contributed by atoms with Crippen LogP contribution in [0.4, 0.5) is 0 Å². The zero-order valence-electron chi connectivity index (χ0n) is 5.65. The molecule has 0 aliphatic heterocycles. The van der Waals surface area contributed by atoms with Crippen LogP contribution < -0.4 is 5.46 Å². The predicted molar refractivity (Wildman–Crippen MR) is 39.9 cm³/mol. The number of carbonyl (C=O) groups is 1. The molecule has 54 valence electrons. The highest BCUT2D eigenvalue weighted by Crippen LogP contribution is 1.97. The number of carbonyl (C=O) groups excluding carboxylic acids is 1. The molecule has 2 radical (unpaired) electrons. The Morgan fingerprint density at radius 3 is 2.36 bits per heavy atom. The van der Waals surface area contributed by atoms with E-state index in [4.69, 9.17) is 13.1 Å². The molecule has 0 fully saturated rings. The van der Waals surface area contributed by atoms with Crippen molar-refractivity contribution in [3.05, 3.63) is 29.8 Å². The van der Waals surface area contributed by atoms with Crippen molar-refractivity contribution in [2.24, 2.45) is 0 Å². The summed E-state index contributed by atoms with van der Waals surface area (Å²) in [6, 6.07) is 6.03. The van der Waals surface area contributed by atoms with Crippen molar-refractivity contribution in [1.82, 2.24) is 0 Å². The molecule has 4 heteroatoms. The van der Waals surface area contributed by atoms with Gasteiger partial charge in [0.25, 0.3) is 0 Å². The summed E-state index contributed by atoms with van der Waals surface area (Å²) in [6.45, 7) is 0. The molecule has 0 saturated heterocycles. The van der Waals surface area contributed by atoms with Gasteiger partial charge >= 0.3 is 5.97 Å². The van der Waals surface area contributed by atoms with E-state index < -0.39 is 5.97 Å². The number of hydrogen-bond donors (Lipinski definition) is 1. The molecule has 0 atom stereocenters. The van der Waals surface area contributed by atoms with Crippen molar-refractivity contribution in [3.8, 4) is 0 Å².